The van der Waals surface area contributed by atoms with Gasteiger partial charge in [0.05, 0.1) is 36.1 Å². The summed E-state index contributed by atoms with van der Waals surface area (Å²) in [5.74, 6) is -2.48. The van der Waals surface area contributed by atoms with Gasteiger partial charge in [0.1, 0.15) is 23.8 Å². The Morgan fingerprint density at radius 1 is 1.29 bits per heavy atom. The number of carbonyl (C=O) groups excluding carboxylic acids is 3. The second kappa shape index (κ2) is 8.31. The molecule has 5 rings (SSSR count). The minimum absolute atomic E-state index is 0.0619. The fraction of sp³-hybridized carbons (Fsp3) is 0.609. The molecule has 0 radical (unpaired) electrons. The number of para-hydroxylation sites is 1. The zero-order valence-corrected chi connectivity index (χ0v) is 19.5. The van der Waals surface area contributed by atoms with E-state index in [0.717, 1.165) is 5.52 Å². The van der Waals surface area contributed by atoms with Gasteiger partial charge in [0, 0.05) is 7.05 Å². The quantitative estimate of drug-likeness (QED) is 0.502. The van der Waals surface area contributed by atoms with Crippen LogP contribution in [0.25, 0.3) is 11.0 Å². The molecule has 3 aliphatic rings. The van der Waals surface area contributed by atoms with E-state index in [9.17, 15) is 19.5 Å². The van der Waals surface area contributed by atoms with Crippen molar-refractivity contribution in [3.63, 3.8) is 0 Å². The molecule has 4 heterocycles. The number of aromatic nitrogens is 3. The standard InChI is InChI=1S/C23H30N6O5/c1-12(2)15(10-30)29-19(21(32)25-11-28-14-7-5-4-6-13(14)26-27-28)23-9-8-16(34-23)17(20(31)24-3)18(23)22(29)33/h4-7,12,15-19,30H,8-11H2,1-3H3,(H,24,31)(H,25,32)/t15-,16+,17-,18-,19?,23?/m0/s1. The van der Waals surface area contributed by atoms with Gasteiger partial charge < -0.3 is 25.4 Å². The number of nitrogens with one attached hydrogen (secondary N) is 2. The monoisotopic (exact) mass is 470 g/mol. The van der Waals surface area contributed by atoms with E-state index >= 15 is 0 Å². The van der Waals surface area contributed by atoms with Gasteiger partial charge >= 0.3 is 0 Å². The highest BCUT2D eigenvalue weighted by Crippen LogP contribution is 2.58. The zero-order valence-electron chi connectivity index (χ0n) is 19.5. The van der Waals surface area contributed by atoms with Crippen molar-refractivity contribution in [3.8, 4) is 0 Å². The molecule has 1 spiro atoms. The Labute approximate surface area is 196 Å². The molecular weight excluding hydrogens is 440 g/mol. The number of ether oxygens (including phenoxy) is 1. The maximum Gasteiger partial charge on any atom is 0.247 e. The summed E-state index contributed by atoms with van der Waals surface area (Å²) >= 11 is 0. The SMILES string of the molecule is CNC(=O)[C@@H]1[C@H]2C(=O)N([C@@H](CO)C(C)C)C(C(=O)NCn3nnc4ccccc43)C23CC[C@H]1O3. The fourth-order valence-electron chi connectivity index (χ4n) is 6.12. The number of hydrogen-bond acceptors (Lipinski definition) is 7. The predicted molar refractivity (Wildman–Crippen MR) is 120 cm³/mol. The number of aliphatic hydroxyl groups is 1. The lowest BCUT2D eigenvalue weighted by Crippen LogP contribution is -2.59. The summed E-state index contributed by atoms with van der Waals surface area (Å²) in [6, 6.07) is 5.88. The largest absolute Gasteiger partial charge is 0.394 e. The molecule has 6 atom stereocenters. The Bertz CT molecular complexity index is 1130. The van der Waals surface area contributed by atoms with Crippen LogP contribution in [0.3, 0.4) is 0 Å². The van der Waals surface area contributed by atoms with E-state index in [4.69, 9.17) is 4.74 Å². The van der Waals surface area contributed by atoms with Crippen molar-refractivity contribution in [1.29, 1.82) is 0 Å². The van der Waals surface area contributed by atoms with Crippen LogP contribution in [0.15, 0.2) is 24.3 Å². The van der Waals surface area contributed by atoms with Crippen LogP contribution in [0.5, 0.6) is 0 Å². The highest BCUT2D eigenvalue weighted by Gasteiger charge is 2.75. The summed E-state index contributed by atoms with van der Waals surface area (Å²) in [6.07, 6.45) is 0.689. The first kappa shape index (κ1) is 22.7. The van der Waals surface area contributed by atoms with Gasteiger partial charge in [-0.25, -0.2) is 4.68 Å². The third kappa shape index (κ3) is 3.13. The highest BCUT2D eigenvalue weighted by atomic mass is 16.5. The van der Waals surface area contributed by atoms with Gasteiger partial charge in [0.25, 0.3) is 0 Å². The number of nitrogens with zero attached hydrogens (tertiary/aromatic N) is 4. The lowest BCUT2D eigenvalue weighted by atomic mass is 9.70. The molecule has 0 aliphatic carbocycles. The maximum absolute atomic E-state index is 13.8. The molecule has 1 aromatic carbocycles. The first-order valence-electron chi connectivity index (χ1n) is 11.7. The van der Waals surface area contributed by atoms with Crippen LogP contribution < -0.4 is 10.6 Å². The van der Waals surface area contributed by atoms with Gasteiger partial charge in [-0.05, 0) is 30.9 Å². The Kier molecular flexibility index (Phi) is 5.56. The molecular formula is C23H30N6O5. The molecule has 2 bridgehead atoms. The lowest BCUT2D eigenvalue weighted by molar-refractivity contribution is -0.147. The third-order valence-electron chi connectivity index (χ3n) is 7.67. The van der Waals surface area contributed by atoms with Crippen LogP contribution in [-0.4, -0.2) is 80.2 Å². The van der Waals surface area contributed by atoms with Crippen LogP contribution in [0.2, 0.25) is 0 Å². The van der Waals surface area contributed by atoms with Crippen molar-refractivity contribution >= 4 is 28.8 Å². The van der Waals surface area contributed by atoms with Crippen molar-refractivity contribution < 1.29 is 24.2 Å². The van der Waals surface area contributed by atoms with E-state index in [1.165, 1.54) is 11.9 Å². The normalized spacial score (nSPS) is 30.7. The molecule has 0 saturated carbocycles. The lowest BCUT2D eigenvalue weighted by Gasteiger charge is -2.38. The van der Waals surface area contributed by atoms with E-state index < -0.39 is 41.5 Å². The number of rotatable bonds is 7. The second-order valence-corrected chi connectivity index (χ2v) is 9.69. The molecule has 34 heavy (non-hydrogen) atoms. The maximum atomic E-state index is 13.8. The van der Waals surface area contributed by atoms with Crippen molar-refractivity contribution in [2.45, 2.75) is 57.1 Å². The van der Waals surface area contributed by atoms with Gasteiger partial charge in [-0.2, -0.15) is 0 Å². The van der Waals surface area contributed by atoms with Gasteiger partial charge in [-0.1, -0.05) is 31.2 Å². The number of likely N-dealkylation sites (tertiary alicyclic amines) is 1. The van der Waals surface area contributed by atoms with Crippen LogP contribution in [-0.2, 0) is 25.8 Å². The van der Waals surface area contributed by atoms with E-state index in [-0.39, 0.29) is 31.0 Å². The molecule has 1 aromatic heterocycles. The summed E-state index contributed by atoms with van der Waals surface area (Å²) in [7, 11) is 1.54. The number of hydrogen-bond donors (Lipinski definition) is 3. The molecule has 3 aliphatic heterocycles. The summed E-state index contributed by atoms with van der Waals surface area (Å²) in [4.78, 5) is 41.7. The van der Waals surface area contributed by atoms with E-state index in [2.05, 4.69) is 20.9 Å². The zero-order chi connectivity index (χ0) is 24.2. The number of aliphatic hydroxyl groups excluding tert-OH is 1. The summed E-state index contributed by atoms with van der Waals surface area (Å²) < 4.78 is 7.91. The second-order valence-electron chi connectivity index (χ2n) is 9.69. The van der Waals surface area contributed by atoms with Crippen LogP contribution >= 0.6 is 0 Å². The van der Waals surface area contributed by atoms with E-state index in [1.54, 1.807) is 4.68 Å². The predicted octanol–water partition coefficient (Wildman–Crippen LogP) is -0.357. The molecule has 182 valence electrons. The summed E-state index contributed by atoms with van der Waals surface area (Å²) in [5, 5.41) is 23.9. The first-order valence-corrected chi connectivity index (χ1v) is 11.7. The van der Waals surface area contributed by atoms with Gasteiger partial charge in [0.2, 0.25) is 17.7 Å². The van der Waals surface area contributed by atoms with Crippen molar-refractivity contribution in [2.75, 3.05) is 13.7 Å². The van der Waals surface area contributed by atoms with Crippen LogP contribution in [0.4, 0.5) is 0 Å². The molecule has 3 saturated heterocycles. The smallest absolute Gasteiger partial charge is 0.247 e. The average Bonchev–Trinajstić information content (AvgIpc) is 3.57. The van der Waals surface area contributed by atoms with Crippen molar-refractivity contribution in [3.05, 3.63) is 24.3 Å². The Balaban J connectivity index is 1.49. The molecule has 2 aromatic rings. The van der Waals surface area contributed by atoms with E-state index in [0.29, 0.717) is 18.4 Å². The fourth-order valence-corrected chi connectivity index (χ4v) is 6.12. The summed E-state index contributed by atoms with van der Waals surface area (Å²) in [5.41, 5.74) is 0.376. The highest BCUT2D eigenvalue weighted by molar-refractivity contribution is 5.99. The van der Waals surface area contributed by atoms with Crippen molar-refractivity contribution in [2.24, 2.45) is 17.8 Å². The molecule has 11 heteroatoms. The van der Waals surface area contributed by atoms with Crippen LogP contribution in [0.1, 0.15) is 26.7 Å². The molecule has 3 N–H and O–H groups in total. The van der Waals surface area contributed by atoms with Gasteiger partial charge in [0.15, 0.2) is 0 Å². The van der Waals surface area contributed by atoms with Gasteiger partial charge in [-0.15, -0.1) is 5.10 Å². The number of fused-ring (bicyclic) bond motifs is 2. The Morgan fingerprint density at radius 3 is 2.76 bits per heavy atom. The van der Waals surface area contributed by atoms with Crippen molar-refractivity contribution in [1.82, 2.24) is 30.5 Å². The van der Waals surface area contributed by atoms with Gasteiger partial charge in [-0.3, -0.25) is 14.4 Å². The first-order chi connectivity index (χ1) is 16.3. The Morgan fingerprint density at radius 2 is 2.06 bits per heavy atom. The number of carbonyl (C=O) groups is 3. The Hall–Kier alpha value is -3.05. The minimum Gasteiger partial charge on any atom is -0.394 e. The number of benzene rings is 1. The number of amides is 3. The topological polar surface area (TPSA) is 139 Å². The molecule has 3 fully saturated rings. The van der Waals surface area contributed by atoms with Crippen LogP contribution in [0, 0.1) is 17.8 Å². The third-order valence-corrected chi connectivity index (χ3v) is 7.67. The molecule has 3 amide bonds. The van der Waals surface area contributed by atoms with E-state index in [1.807, 2.05) is 38.1 Å². The average molecular weight is 471 g/mol. The minimum atomic E-state index is -1.10. The molecule has 11 nitrogen and oxygen atoms in total. The summed E-state index contributed by atoms with van der Waals surface area (Å²) in [6.45, 7) is 3.56. The molecule has 2 unspecified atom stereocenters.